The molecule has 0 spiro atoms. The van der Waals surface area contributed by atoms with Gasteiger partial charge in [-0.3, -0.25) is 0 Å². The molecule has 0 aliphatic carbocycles. The minimum atomic E-state index is 0.200. The van der Waals surface area contributed by atoms with Gasteiger partial charge in [0.15, 0.2) is 11.5 Å². The first kappa shape index (κ1) is 17.2. The summed E-state index contributed by atoms with van der Waals surface area (Å²) in [5, 5.41) is 18.8. The minimum Gasteiger partial charge on any atom is -0.508 e. The lowest BCUT2D eigenvalue weighted by molar-refractivity contribution is 0.373. The molecule has 0 aliphatic rings. The van der Waals surface area contributed by atoms with Gasteiger partial charge in [-0.1, -0.05) is 37.5 Å². The van der Waals surface area contributed by atoms with Gasteiger partial charge in [-0.25, -0.2) is 0 Å². The molecule has 0 radical (unpaired) electrons. The zero-order valence-electron chi connectivity index (χ0n) is 13.8. The number of hydrogen-bond donors (Lipinski definition) is 2. The molecule has 0 amide bonds. The Morgan fingerprint density at radius 1 is 0.739 bits per heavy atom. The number of hydrogen-bond acceptors (Lipinski definition) is 3. The summed E-state index contributed by atoms with van der Waals surface area (Å²) in [6.45, 7) is 0. The van der Waals surface area contributed by atoms with E-state index in [4.69, 9.17) is 4.74 Å². The van der Waals surface area contributed by atoms with Crippen molar-refractivity contribution in [3.8, 4) is 17.2 Å². The highest BCUT2D eigenvalue weighted by molar-refractivity contribution is 5.41. The van der Waals surface area contributed by atoms with E-state index in [1.165, 1.54) is 36.8 Å². The molecule has 0 bridgehead atoms. The zero-order chi connectivity index (χ0) is 16.5. The topological polar surface area (TPSA) is 49.7 Å². The monoisotopic (exact) mass is 314 g/mol. The van der Waals surface area contributed by atoms with E-state index in [1.54, 1.807) is 25.3 Å². The van der Waals surface area contributed by atoms with Crippen LogP contribution in [-0.4, -0.2) is 17.3 Å². The molecule has 2 aromatic carbocycles. The average Bonchev–Trinajstić information content (AvgIpc) is 2.57. The van der Waals surface area contributed by atoms with E-state index < -0.39 is 0 Å². The Balaban J connectivity index is 1.58. The van der Waals surface area contributed by atoms with Crippen molar-refractivity contribution >= 4 is 0 Å². The number of aryl methyl sites for hydroxylation is 2. The number of phenols is 2. The molecule has 2 N–H and O–H groups in total. The molecule has 124 valence electrons. The van der Waals surface area contributed by atoms with Gasteiger partial charge in [0.2, 0.25) is 0 Å². The second-order valence-corrected chi connectivity index (χ2v) is 5.94. The lowest BCUT2D eigenvalue weighted by Gasteiger charge is -2.07. The van der Waals surface area contributed by atoms with Gasteiger partial charge in [0.05, 0.1) is 7.11 Å². The van der Waals surface area contributed by atoms with Crippen LogP contribution in [0.25, 0.3) is 0 Å². The minimum absolute atomic E-state index is 0.200. The fourth-order valence-corrected chi connectivity index (χ4v) is 2.73. The molecule has 0 unspecified atom stereocenters. The van der Waals surface area contributed by atoms with E-state index in [2.05, 4.69) is 0 Å². The molecular formula is C20H26O3. The molecular weight excluding hydrogens is 288 g/mol. The van der Waals surface area contributed by atoms with Crippen molar-refractivity contribution in [1.29, 1.82) is 0 Å². The van der Waals surface area contributed by atoms with Crippen LogP contribution < -0.4 is 4.74 Å². The molecule has 3 nitrogen and oxygen atoms in total. The normalized spacial score (nSPS) is 10.7. The number of methoxy groups -OCH3 is 1. The van der Waals surface area contributed by atoms with Crippen LogP contribution in [-0.2, 0) is 12.8 Å². The largest absolute Gasteiger partial charge is 0.508 e. The van der Waals surface area contributed by atoms with Crippen LogP contribution in [0.1, 0.15) is 43.2 Å². The summed E-state index contributed by atoms with van der Waals surface area (Å²) in [4.78, 5) is 0. The Bertz CT molecular complexity index is 590. The lowest BCUT2D eigenvalue weighted by atomic mass is 10.0. The summed E-state index contributed by atoms with van der Waals surface area (Å²) in [7, 11) is 1.58. The van der Waals surface area contributed by atoms with Crippen molar-refractivity contribution in [3.63, 3.8) is 0 Å². The number of rotatable bonds is 9. The van der Waals surface area contributed by atoms with E-state index in [0.717, 1.165) is 19.3 Å². The van der Waals surface area contributed by atoms with Crippen LogP contribution in [0.3, 0.4) is 0 Å². The van der Waals surface area contributed by atoms with Crippen LogP contribution in [0.4, 0.5) is 0 Å². The fraction of sp³-hybridized carbons (Fsp3) is 0.400. The van der Waals surface area contributed by atoms with Gasteiger partial charge in [0.25, 0.3) is 0 Å². The van der Waals surface area contributed by atoms with Crippen molar-refractivity contribution in [3.05, 3.63) is 53.6 Å². The first-order valence-electron chi connectivity index (χ1n) is 8.33. The highest BCUT2D eigenvalue weighted by Crippen LogP contribution is 2.27. The third-order valence-corrected chi connectivity index (χ3v) is 4.11. The van der Waals surface area contributed by atoms with E-state index >= 15 is 0 Å². The summed E-state index contributed by atoms with van der Waals surface area (Å²) in [6.07, 6.45) is 8.15. The Morgan fingerprint density at radius 3 is 1.96 bits per heavy atom. The number of aromatic hydroxyl groups is 2. The summed E-state index contributed by atoms with van der Waals surface area (Å²) in [6, 6.07) is 13.1. The van der Waals surface area contributed by atoms with Gasteiger partial charge >= 0.3 is 0 Å². The van der Waals surface area contributed by atoms with Crippen LogP contribution in [0.5, 0.6) is 17.2 Å². The summed E-state index contributed by atoms with van der Waals surface area (Å²) in [5.74, 6) is 1.08. The average molecular weight is 314 g/mol. The molecule has 0 aromatic heterocycles. The summed E-state index contributed by atoms with van der Waals surface area (Å²) in [5.41, 5.74) is 2.50. The molecule has 0 atom stereocenters. The first-order valence-corrected chi connectivity index (χ1v) is 8.33. The maximum absolute atomic E-state index is 9.57. The molecule has 0 saturated heterocycles. The van der Waals surface area contributed by atoms with Gasteiger partial charge < -0.3 is 14.9 Å². The number of benzene rings is 2. The summed E-state index contributed by atoms with van der Waals surface area (Å²) < 4.78 is 5.13. The maximum Gasteiger partial charge on any atom is 0.160 e. The second-order valence-electron chi connectivity index (χ2n) is 5.94. The zero-order valence-corrected chi connectivity index (χ0v) is 13.8. The third kappa shape index (κ3) is 5.85. The highest BCUT2D eigenvalue weighted by atomic mass is 16.5. The van der Waals surface area contributed by atoms with Gasteiger partial charge in [-0.2, -0.15) is 0 Å². The lowest BCUT2D eigenvalue weighted by Crippen LogP contribution is -1.90. The van der Waals surface area contributed by atoms with Gasteiger partial charge in [0, 0.05) is 0 Å². The van der Waals surface area contributed by atoms with Gasteiger partial charge in [-0.05, 0) is 61.1 Å². The van der Waals surface area contributed by atoms with Crippen LogP contribution >= 0.6 is 0 Å². The van der Waals surface area contributed by atoms with Gasteiger partial charge in [-0.15, -0.1) is 0 Å². The van der Waals surface area contributed by atoms with E-state index in [-0.39, 0.29) is 5.75 Å². The number of unbranched alkanes of at least 4 members (excludes halogenated alkanes) is 4. The molecule has 0 saturated carbocycles. The van der Waals surface area contributed by atoms with Crippen LogP contribution in [0.2, 0.25) is 0 Å². The predicted molar refractivity (Wildman–Crippen MR) is 93.3 cm³/mol. The van der Waals surface area contributed by atoms with E-state index in [9.17, 15) is 10.2 Å². The van der Waals surface area contributed by atoms with Crippen molar-refractivity contribution in [1.82, 2.24) is 0 Å². The second kappa shape index (κ2) is 9.09. The Hall–Kier alpha value is -2.16. The molecule has 3 heteroatoms. The molecule has 2 aromatic rings. The van der Waals surface area contributed by atoms with Gasteiger partial charge in [0.1, 0.15) is 5.75 Å². The van der Waals surface area contributed by atoms with Crippen molar-refractivity contribution in [2.75, 3.05) is 7.11 Å². The van der Waals surface area contributed by atoms with Crippen LogP contribution in [0, 0.1) is 0 Å². The molecule has 0 aliphatic heterocycles. The standard InChI is InChI=1S/C20H26O3/c1-23-20-15-17(11-14-19(20)22)8-6-4-2-3-5-7-16-9-12-18(21)13-10-16/h9-15,21-22H,2-8H2,1H3. The molecule has 23 heavy (non-hydrogen) atoms. The van der Waals surface area contributed by atoms with Crippen molar-refractivity contribution in [2.24, 2.45) is 0 Å². The van der Waals surface area contributed by atoms with Crippen LogP contribution in [0.15, 0.2) is 42.5 Å². The molecule has 0 heterocycles. The predicted octanol–water partition coefficient (Wildman–Crippen LogP) is 4.84. The first-order chi connectivity index (χ1) is 11.2. The highest BCUT2D eigenvalue weighted by Gasteiger charge is 2.02. The van der Waals surface area contributed by atoms with Crippen molar-refractivity contribution in [2.45, 2.75) is 44.9 Å². The Labute approximate surface area is 138 Å². The SMILES string of the molecule is COc1cc(CCCCCCCc2ccc(O)cc2)ccc1O. The quantitative estimate of drug-likeness (QED) is 0.651. The summed E-state index contributed by atoms with van der Waals surface area (Å²) >= 11 is 0. The molecule has 0 fully saturated rings. The Kier molecular flexibility index (Phi) is 6.79. The number of phenolic OH excluding ortho intramolecular Hbond substituents is 2. The van der Waals surface area contributed by atoms with E-state index in [1.807, 2.05) is 24.3 Å². The van der Waals surface area contributed by atoms with Crippen molar-refractivity contribution < 1.29 is 14.9 Å². The maximum atomic E-state index is 9.57. The fourth-order valence-electron chi connectivity index (χ4n) is 2.73. The van der Waals surface area contributed by atoms with E-state index in [0.29, 0.717) is 11.5 Å². The third-order valence-electron chi connectivity index (χ3n) is 4.11. The molecule has 2 rings (SSSR count). The smallest absolute Gasteiger partial charge is 0.160 e. The number of ether oxygens (including phenoxy) is 1. The Morgan fingerprint density at radius 2 is 1.30 bits per heavy atom.